The van der Waals surface area contributed by atoms with Crippen LogP contribution in [0.1, 0.15) is 5.56 Å². The van der Waals surface area contributed by atoms with Crippen LogP contribution in [0.5, 0.6) is 0 Å². The van der Waals surface area contributed by atoms with Crippen molar-refractivity contribution in [3.8, 4) is 21.6 Å². The summed E-state index contributed by atoms with van der Waals surface area (Å²) in [6.07, 6.45) is -4.44. The summed E-state index contributed by atoms with van der Waals surface area (Å²) in [5.74, 6) is 0. The van der Waals surface area contributed by atoms with Crippen LogP contribution in [-0.2, 0) is 10.9 Å². The lowest BCUT2D eigenvalue weighted by Gasteiger charge is -2.28. The number of alkyl halides is 3. The lowest BCUT2D eigenvalue weighted by atomic mass is 9.97. The van der Waals surface area contributed by atoms with Crippen molar-refractivity contribution in [2.24, 2.45) is 0 Å². The molecule has 4 rings (SSSR count). The van der Waals surface area contributed by atoms with E-state index in [-0.39, 0.29) is 11.0 Å². The van der Waals surface area contributed by atoms with Crippen LogP contribution in [-0.4, -0.2) is 26.3 Å². The minimum Gasteiger partial charge on any atom is -0.378 e. The summed E-state index contributed by atoms with van der Waals surface area (Å²) in [5.41, 5.74) is 0.510. The van der Waals surface area contributed by atoms with E-state index in [0.29, 0.717) is 31.9 Å². The first-order chi connectivity index (χ1) is 13.9. The number of ether oxygens (including phenoxy) is 1. The Balaban J connectivity index is 1.76. The van der Waals surface area contributed by atoms with E-state index >= 15 is 0 Å². The molecule has 3 aromatic rings. The average Bonchev–Trinajstić information content (AvgIpc) is 2.73. The maximum Gasteiger partial charge on any atom is 0.417 e. The predicted octanol–water partition coefficient (Wildman–Crippen LogP) is 5.30. The molecule has 0 unspecified atom stereocenters. The van der Waals surface area contributed by atoms with E-state index in [4.69, 9.17) is 4.74 Å². The maximum atomic E-state index is 13.4. The van der Waals surface area contributed by atoms with Gasteiger partial charge in [0.05, 0.1) is 23.8 Å². The summed E-state index contributed by atoms with van der Waals surface area (Å²) in [6.45, 7) is 2.63. The Kier molecular flexibility index (Phi) is 5.43. The number of hydrogen-bond acceptors (Lipinski definition) is 4. The van der Waals surface area contributed by atoms with Crippen molar-refractivity contribution in [2.75, 3.05) is 31.2 Å². The van der Waals surface area contributed by atoms with Crippen LogP contribution in [0.25, 0.3) is 21.6 Å². The number of anilines is 1. The highest BCUT2D eigenvalue weighted by molar-refractivity contribution is 7.19. The van der Waals surface area contributed by atoms with Crippen LogP contribution in [0.15, 0.2) is 65.5 Å². The summed E-state index contributed by atoms with van der Waals surface area (Å²) in [7, 11) is 0. The van der Waals surface area contributed by atoms with Crippen LogP contribution in [0.3, 0.4) is 0 Å². The van der Waals surface area contributed by atoms with E-state index in [1.54, 1.807) is 30.3 Å². The van der Waals surface area contributed by atoms with Crippen molar-refractivity contribution < 1.29 is 17.9 Å². The molecule has 1 saturated heterocycles. The largest absolute Gasteiger partial charge is 0.417 e. The quantitative estimate of drug-likeness (QED) is 0.579. The fourth-order valence-electron chi connectivity index (χ4n) is 3.37. The average molecular weight is 417 g/mol. The number of nitrogens with zero attached hydrogens (tertiary/aromatic N) is 1. The molecule has 3 nitrogen and oxygen atoms in total. The van der Waals surface area contributed by atoms with E-state index in [2.05, 4.69) is 4.90 Å². The molecule has 0 bridgehead atoms. The fraction of sp³-hybridized carbons (Fsp3) is 0.227. The first kappa shape index (κ1) is 19.7. The Morgan fingerprint density at radius 2 is 1.62 bits per heavy atom. The van der Waals surface area contributed by atoms with Crippen LogP contribution < -0.4 is 10.3 Å². The molecule has 0 atom stereocenters. The standard InChI is InChI=1S/C22H18F3NO2S/c23-22(24,25)19-7-2-1-6-18(19)15-4-3-5-16(12-15)20-13-17(27)14-21(29-20)26-8-10-28-11-9-26/h1-7,12-14H,8-11H2. The van der Waals surface area contributed by atoms with Gasteiger partial charge in [-0.15, -0.1) is 11.3 Å². The second-order valence-corrected chi connectivity index (χ2v) is 7.78. The molecule has 0 N–H and O–H groups in total. The van der Waals surface area contributed by atoms with Crippen molar-refractivity contribution >= 4 is 16.3 Å². The molecule has 0 saturated carbocycles. The third-order valence-corrected chi connectivity index (χ3v) is 5.93. The van der Waals surface area contributed by atoms with E-state index in [9.17, 15) is 18.0 Å². The van der Waals surface area contributed by atoms with Gasteiger partial charge < -0.3 is 9.64 Å². The molecule has 7 heteroatoms. The predicted molar refractivity (Wildman–Crippen MR) is 109 cm³/mol. The van der Waals surface area contributed by atoms with E-state index in [1.165, 1.54) is 29.5 Å². The van der Waals surface area contributed by atoms with Crippen LogP contribution >= 0.6 is 11.3 Å². The maximum absolute atomic E-state index is 13.4. The lowest BCUT2D eigenvalue weighted by Crippen LogP contribution is -2.36. The zero-order chi connectivity index (χ0) is 20.4. The van der Waals surface area contributed by atoms with Gasteiger partial charge in [0.1, 0.15) is 0 Å². The SMILES string of the molecule is O=c1cc(-c2cccc(-c3ccccc3C(F)(F)F)c2)sc(N2CCOCC2)c1. The molecule has 1 aromatic heterocycles. The molecular formula is C22H18F3NO2S. The van der Waals surface area contributed by atoms with Gasteiger partial charge in [0.25, 0.3) is 0 Å². The zero-order valence-electron chi connectivity index (χ0n) is 15.4. The van der Waals surface area contributed by atoms with Gasteiger partial charge in [0.15, 0.2) is 5.43 Å². The molecule has 2 aromatic carbocycles. The van der Waals surface area contributed by atoms with Gasteiger partial charge in [-0.3, -0.25) is 4.79 Å². The van der Waals surface area contributed by atoms with Crippen LogP contribution in [0.2, 0.25) is 0 Å². The highest BCUT2D eigenvalue weighted by Gasteiger charge is 2.33. The lowest BCUT2D eigenvalue weighted by molar-refractivity contribution is -0.137. The molecule has 1 fully saturated rings. The monoisotopic (exact) mass is 417 g/mol. The zero-order valence-corrected chi connectivity index (χ0v) is 16.2. The minimum atomic E-state index is -4.44. The third kappa shape index (κ3) is 4.36. The van der Waals surface area contributed by atoms with Crippen molar-refractivity contribution in [3.05, 3.63) is 76.5 Å². The van der Waals surface area contributed by atoms with E-state index < -0.39 is 11.7 Å². The van der Waals surface area contributed by atoms with Gasteiger partial charge in [-0.25, -0.2) is 0 Å². The van der Waals surface area contributed by atoms with Gasteiger partial charge in [-0.05, 0) is 28.8 Å². The van der Waals surface area contributed by atoms with Crippen molar-refractivity contribution in [1.29, 1.82) is 0 Å². The van der Waals surface area contributed by atoms with E-state index in [0.717, 1.165) is 21.5 Å². The Labute approximate surface area is 170 Å². The van der Waals surface area contributed by atoms with Gasteiger partial charge in [-0.2, -0.15) is 13.2 Å². The molecule has 0 radical (unpaired) electrons. The summed E-state index contributed by atoms with van der Waals surface area (Å²) in [6, 6.07) is 15.5. The smallest absolute Gasteiger partial charge is 0.378 e. The normalized spacial score (nSPS) is 14.8. The van der Waals surface area contributed by atoms with Crippen LogP contribution in [0, 0.1) is 0 Å². The number of morpholine rings is 1. The number of rotatable bonds is 3. The third-order valence-electron chi connectivity index (χ3n) is 4.77. The van der Waals surface area contributed by atoms with Gasteiger partial charge in [-0.1, -0.05) is 36.4 Å². The second-order valence-electron chi connectivity index (χ2n) is 6.72. The van der Waals surface area contributed by atoms with Crippen molar-refractivity contribution in [2.45, 2.75) is 6.18 Å². The molecule has 150 valence electrons. The molecule has 0 aliphatic carbocycles. The van der Waals surface area contributed by atoms with Crippen molar-refractivity contribution in [3.63, 3.8) is 0 Å². The minimum absolute atomic E-state index is 0.124. The highest BCUT2D eigenvalue weighted by atomic mass is 32.1. The summed E-state index contributed by atoms with van der Waals surface area (Å²) < 4.78 is 45.6. The first-order valence-corrected chi connectivity index (χ1v) is 9.98. The molecular weight excluding hydrogens is 399 g/mol. The number of benzene rings is 2. The Hall–Kier alpha value is -2.64. The Bertz CT molecular complexity index is 1070. The molecule has 0 amide bonds. The summed E-state index contributed by atoms with van der Waals surface area (Å²) in [4.78, 5) is 15.1. The van der Waals surface area contributed by atoms with Crippen molar-refractivity contribution in [1.82, 2.24) is 0 Å². The molecule has 1 aliphatic heterocycles. The fourth-order valence-corrected chi connectivity index (χ4v) is 4.50. The van der Waals surface area contributed by atoms with Gasteiger partial charge >= 0.3 is 6.18 Å². The van der Waals surface area contributed by atoms with Crippen LogP contribution in [0.4, 0.5) is 18.2 Å². The Morgan fingerprint density at radius 1 is 0.897 bits per heavy atom. The molecule has 1 aliphatic rings. The number of hydrogen-bond donors (Lipinski definition) is 0. The van der Waals surface area contributed by atoms with Gasteiger partial charge in [0.2, 0.25) is 0 Å². The topological polar surface area (TPSA) is 29.5 Å². The van der Waals surface area contributed by atoms with Gasteiger partial charge in [0, 0.05) is 30.1 Å². The van der Waals surface area contributed by atoms with E-state index in [1.807, 2.05) is 6.07 Å². The second kappa shape index (κ2) is 8.00. The molecule has 2 heterocycles. The molecule has 0 spiro atoms. The first-order valence-electron chi connectivity index (χ1n) is 9.17. The highest BCUT2D eigenvalue weighted by Crippen LogP contribution is 2.38. The summed E-state index contributed by atoms with van der Waals surface area (Å²) in [5, 5.41) is 0.844. The summed E-state index contributed by atoms with van der Waals surface area (Å²) >= 11 is 1.46. The number of halogens is 3. The Morgan fingerprint density at radius 3 is 2.38 bits per heavy atom. The molecule has 29 heavy (non-hydrogen) atoms.